The van der Waals surface area contributed by atoms with Crippen LogP contribution in [-0.4, -0.2) is 51.2 Å². The van der Waals surface area contributed by atoms with Gasteiger partial charge in [0.25, 0.3) is 0 Å². The molecule has 1 heterocycles. The van der Waals surface area contributed by atoms with Crippen LogP contribution < -0.4 is 4.74 Å². The van der Waals surface area contributed by atoms with Crippen LogP contribution in [-0.2, 0) is 11.3 Å². The Kier molecular flexibility index (Phi) is 6.67. The third-order valence-electron chi connectivity index (χ3n) is 4.18. The lowest BCUT2D eigenvalue weighted by Gasteiger charge is -2.17. The van der Waals surface area contributed by atoms with E-state index in [0.717, 1.165) is 5.56 Å². The first-order valence-electron chi connectivity index (χ1n) is 9.08. The SMILES string of the molecule is CN(CCOc1ccccc1F)C(=O)CCCn1nnc(-c2ccccc2)n1. The molecular formula is C20H22FN5O2. The third-order valence-corrected chi connectivity index (χ3v) is 4.18. The zero-order chi connectivity index (χ0) is 19.8. The van der Waals surface area contributed by atoms with Crippen molar-refractivity contribution in [2.45, 2.75) is 19.4 Å². The van der Waals surface area contributed by atoms with Gasteiger partial charge in [-0.25, -0.2) is 4.39 Å². The van der Waals surface area contributed by atoms with Crippen LogP contribution >= 0.6 is 0 Å². The molecule has 0 N–H and O–H groups in total. The monoisotopic (exact) mass is 383 g/mol. The number of amides is 1. The fourth-order valence-corrected chi connectivity index (χ4v) is 2.58. The molecule has 0 atom stereocenters. The van der Waals surface area contributed by atoms with Crippen LogP contribution in [0.1, 0.15) is 12.8 Å². The first-order chi connectivity index (χ1) is 13.6. The number of aryl methyl sites for hydroxylation is 1. The summed E-state index contributed by atoms with van der Waals surface area (Å²) in [4.78, 5) is 15.3. The van der Waals surface area contributed by atoms with Crippen LogP contribution in [0.5, 0.6) is 5.75 Å². The van der Waals surface area contributed by atoms with E-state index >= 15 is 0 Å². The Hall–Kier alpha value is -3.29. The summed E-state index contributed by atoms with van der Waals surface area (Å²) in [6, 6.07) is 15.8. The number of carbonyl (C=O) groups is 1. The second-order valence-electron chi connectivity index (χ2n) is 6.27. The summed E-state index contributed by atoms with van der Waals surface area (Å²) in [5.74, 6) is 0.330. The highest BCUT2D eigenvalue weighted by Gasteiger charge is 2.11. The first-order valence-corrected chi connectivity index (χ1v) is 9.08. The van der Waals surface area contributed by atoms with Crippen molar-refractivity contribution in [1.29, 1.82) is 0 Å². The Morgan fingerprint density at radius 1 is 1.14 bits per heavy atom. The maximum atomic E-state index is 13.5. The molecule has 0 saturated heterocycles. The number of nitrogens with zero attached hydrogens (tertiary/aromatic N) is 5. The number of rotatable bonds is 9. The molecule has 0 fully saturated rings. The van der Waals surface area contributed by atoms with Crippen LogP contribution in [0.3, 0.4) is 0 Å². The predicted octanol–water partition coefficient (Wildman–Crippen LogP) is 2.80. The van der Waals surface area contributed by atoms with Gasteiger partial charge in [0, 0.05) is 19.0 Å². The Morgan fingerprint density at radius 3 is 2.68 bits per heavy atom. The largest absolute Gasteiger partial charge is 0.489 e. The highest BCUT2D eigenvalue weighted by atomic mass is 19.1. The molecule has 0 radical (unpaired) electrons. The first kappa shape index (κ1) is 19.5. The lowest BCUT2D eigenvalue weighted by molar-refractivity contribution is -0.130. The number of hydrogen-bond acceptors (Lipinski definition) is 5. The molecule has 0 bridgehead atoms. The van der Waals surface area contributed by atoms with Gasteiger partial charge in [0.2, 0.25) is 11.7 Å². The normalized spacial score (nSPS) is 10.6. The number of benzene rings is 2. The van der Waals surface area contributed by atoms with Crippen molar-refractivity contribution in [3.8, 4) is 17.1 Å². The zero-order valence-corrected chi connectivity index (χ0v) is 15.7. The standard InChI is InChI=1S/C20H22FN5O2/c1-25(14-15-28-18-11-6-5-10-17(18)21)19(27)12-7-13-26-23-20(22-24-26)16-8-3-2-4-9-16/h2-6,8-11H,7,12-15H2,1H3. The summed E-state index contributed by atoms with van der Waals surface area (Å²) in [6.45, 7) is 1.12. The van der Waals surface area contributed by atoms with Crippen LogP contribution in [0, 0.1) is 5.82 Å². The lowest BCUT2D eigenvalue weighted by atomic mass is 10.2. The summed E-state index contributed by atoms with van der Waals surface area (Å²) >= 11 is 0. The Balaban J connectivity index is 1.38. The molecule has 28 heavy (non-hydrogen) atoms. The quantitative estimate of drug-likeness (QED) is 0.568. The second-order valence-corrected chi connectivity index (χ2v) is 6.27. The molecule has 0 unspecified atom stereocenters. The lowest BCUT2D eigenvalue weighted by Crippen LogP contribution is -2.31. The van der Waals surface area contributed by atoms with E-state index in [0.29, 0.717) is 31.8 Å². The Morgan fingerprint density at radius 2 is 1.89 bits per heavy atom. The van der Waals surface area contributed by atoms with Crippen LogP contribution in [0.4, 0.5) is 4.39 Å². The molecule has 0 spiro atoms. The van der Waals surface area contributed by atoms with Gasteiger partial charge in [0.15, 0.2) is 11.6 Å². The molecule has 3 rings (SSSR count). The number of carbonyl (C=O) groups excluding carboxylic acids is 1. The minimum absolute atomic E-state index is 0.0134. The molecule has 0 aliphatic carbocycles. The maximum Gasteiger partial charge on any atom is 0.222 e. The summed E-state index contributed by atoms with van der Waals surface area (Å²) < 4.78 is 18.9. The summed E-state index contributed by atoms with van der Waals surface area (Å²) in [6.07, 6.45) is 0.959. The van der Waals surface area contributed by atoms with E-state index in [1.54, 1.807) is 30.1 Å². The van der Waals surface area contributed by atoms with Gasteiger partial charge in [-0.1, -0.05) is 42.5 Å². The van der Waals surface area contributed by atoms with Gasteiger partial charge in [-0.2, -0.15) is 4.80 Å². The van der Waals surface area contributed by atoms with E-state index in [4.69, 9.17) is 4.74 Å². The van der Waals surface area contributed by atoms with Gasteiger partial charge in [0.1, 0.15) is 6.61 Å². The zero-order valence-electron chi connectivity index (χ0n) is 15.7. The number of aromatic nitrogens is 4. The highest BCUT2D eigenvalue weighted by molar-refractivity contribution is 5.75. The fourth-order valence-electron chi connectivity index (χ4n) is 2.58. The molecule has 3 aromatic rings. The molecule has 146 valence electrons. The summed E-state index contributed by atoms with van der Waals surface area (Å²) in [7, 11) is 1.70. The van der Waals surface area contributed by atoms with Gasteiger partial charge in [0.05, 0.1) is 13.1 Å². The topological polar surface area (TPSA) is 73.1 Å². The van der Waals surface area contributed by atoms with E-state index < -0.39 is 5.82 Å². The van der Waals surface area contributed by atoms with Crippen molar-refractivity contribution in [1.82, 2.24) is 25.1 Å². The number of likely N-dealkylation sites (N-methyl/N-ethyl adjacent to an activating group) is 1. The van der Waals surface area contributed by atoms with E-state index in [1.165, 1.54) is 10.9 Å². The minimum Gasteiger partial charge on any atom is -0.489 e. The van der Waals surface area contributed by atoms with Gasteiger partial charge in [-0.05, 0) is 23.8 Å². The summed E-state index contributed by atoms with van der Waals surface area (Å²) in [5, 5.41) is 12.4. The molecule has 7 nitrogen and oxygen atoms in total. The summed E-state index contributed by atoms with van der Waals surface area (Å²) in [5.41, 5.74) is 0.902. The Labute approximate surface area is 162 Å². The number of tetrazole rings is 1. The number of ether oxygens (including phenoxy) is 1. The van der Waals surface area contributed by atoms with Gasteiger partial charge < -0.3 is 9.64 Å². The van der Waals surface area contributed by atoms with E-state index in [2.05, 4.69) is 15.4 Å². The van der Waals surface area contributed by atoms with Gasteiger partial charge in [-0.3, -0.25) is 4.79 Å². The van der Waals surface area contributed by atoms with Crippen LogP contribution in [0.2, 0.25) is 0 Å². The van der Waals surface area contributed by atoms with Crippen molar-refractivity contribution >= 4 is 5.91 Å². The number of hydrogen-bond donors (Lipinski definition) is 0. The van der Waals surface area contributed by atoms with E-state index in [-0.39, 0.29) is 18.3 Å². The predicted molar refractivity (Wildman–Crippen MR) is 102 cm³/mol. The average molecular weight is 383 g/mol. The number of halogens is 1. The van der Waals surface area contributed by atoms with Crippen LogP contribution in [0.25, 0.3) is 11.4 Å². The molecule has 1 aromatic heterocycles. The smallest absolute Gasteiger partial charge is 0.222 e. The average Bonchev–Trinajstić information content (AvgIpc) is 3.19. The van der Waals surface area contributed by atoms with Crippen molar-refractivity contribution in [3.05, 3.63) is 60.4 Å². The molecule has 8 heteroatoms. The van der Waals surface area contributed by atoms with Gasteiger partial charge in [-0.15, -0.1) is 10.2 Å². The van der Waals surface area contributed by atoms with Crippen molar-refractivity contribution in [2.24, 2.45) is 0 Å². The molecule has 1 amide bonds. The highest BCUT2D eigenvalue weighted by Crippen LogP contribution is 2.15. The maximum absolute atomic E-state index is 13.5. The Bertz CT molecular complexity index is 900. The van der Waals surface area contributed by atoms with Crippen LogP contribution in [0.15, 0.2) is 54.6 Å². The molecular weight excluding hydrogens is 361 g/mol. The van der Waals surface area contributed by atoms with Crippen molar-refractivity contribution in [3.63, 3.8) is 0 Å². The fraction of sp³-hybridized carbons (Fsp3) is 0.300. The molecule has 0 aliphatic rings. The third kappa shape index (κ3) is 5.35. The molecule has 2 aromatic carbocycles. The van der Waals surface area contributed by atoms with E-state index in [1.807, 2.05) is 30.3 Å². The second kappa shape index (κ2) is 9.59. The molecule has 0 saturated carbocycles. The number of para-hydroxylation sites is 1. The van der Waals surface area contributed by atoms with Crippen molar-refractivity contribution < 1.29 is 13.9 Å². The van der Waals surface area contributed by atoms with Gasteiger partial charge >= 0.3 is 0 Å². The van der Waals surface area contributed by atoms with Crippen molar-refractivity contribution in [2.75, 3.05) is 20.2 Å². The molecule has 0 aliphatic heterocycles. The minimum atomic E-state index is -0.410. The van der Waals surface area contributed by atoms with E-state index in [9.17, 15) is 9.18 Å².